The Morgan fingerprint density at radius 1 is 1.46 bits per heavy atom. The van der Waals surface area contributed by atoms with Crippen LogP contribution >= 0.6 is 0 Å². The van der Waals surface area contributed by atoms with Crippen LogP contribution in [0.1, 0.15) is 13.8 Å². The van der Waals surface area contributed by atoms with Gasteiger partial charge < -0.3 is 10.1 Å². The molecule has 0 unspecified atom stereocenters. The minimum Gasteiger partial charge on any atom is -0.434 e. The summed E-state index contributed by atoms with van der Waals surface area (Å²) < 4.78 is 40.8. The highest BCUT2D eigenvalue weighted by Crippen LogP contribution is 2.31. The average Bonchev–Trinajstić information content (AvgIpc) is 2.29. The molecule has 1 N–H and O–H groups in total. The molecular weight excluding hydrogens is 187 g/mol. The normalized spacial score (nSPS) is 28.9. The van der Waals surface area contributed by atoms with Crippen molar-refractivity contribution in [3.63, 3.8) is 0 Å². The first kappa shape index (κ1) is 10.1. The Labute approximate surface area is 73.2 Å². The summed E-state index contributed by atoms with van der Waals surface area (Å²) in [5.74, 6) is -0.307. The first-order chi connectivity index (χ1) is 5.82. The van der Waals surface area contributed by atoms with Crippen molar-refractivity contribution in [3.05, 3.63) is 0 Å². The van der Waals surface area contributed by atoms with Crippen molar-refractivity contribution < 1.29 is 22.7 Å². The zero-order valence-electron chi connectivity index (χ0n) is 7.18. The Balaban J connectivity index is 2.78. The molecule has 0 radical (unpaired) electrons. The fourth-order valence-electron chi connectivity index (χ4n) is 1.22. The van der Waals surface area contributed by atoms with Gasteiger partial charge in [-0.3, -0.25) is 0 Å². The number of carbonyl (C=O) groups excluding carboxylic acids is 1. The van der Waals surface area contributed by atoms with E-state index in [1.54, 1.807) is 13.8 Å². The minimum atomic E-state index is -4.49. The van der Waals surface area contributed by atoms with Gasteiger partial charge in [0.15, 0.2) is 0 Å². The minimum absolute atomic E-state index is 0.307. The van der Waals surface area contributed by atoms with E-state index in [0.717, 1.165) is 0 Å². The summed E-state index contributed by atoms with van der Waals surface area (Å²) in [4.78, 5) is 10.6. The maximum absolute atomic E-state index is 12.2. The molecule has 1 aliphatic rings. The number of alkyl halides is 3. The Morgan fingerprint density at radius 3 is 2.31 bits per heavy atom. The molecule has 0 aliphatic carbocycles. The van der Waals surface area contributed by atoms with Crippen LogP contribution in [0.25, 0.3) is 0 Å². The van der Waals surface area contributed by atoms with E-state index in [0.29, 0.717) is 0 Å². The maximum Gasteiger partial charge on any atom is 0.427 e. The standard InChI is InChI=1S/C7H10F3NO2/c1-3(2)4-5(7(8,9)10)13-6(12)11-4/h3-5H,1-2H3,(H,11,12)/t4-,5-/m0/s1. The fraction of sp³-hybridized carbons (Fsp3) is 0.857. The number of hydrogen-bond donors (Lipinski definition) is 1. The molecule has 1 amide bonds. The topological polar surface area (TPSA) is 38.3 Å². The van der Waals surface area contributed by atoms with Gasteiger partial charge in [-0.1, -0.05) is 13.8 Å². The fourth-order valence-corrected chi connectivity index (χ4v) is 1.22. The number of rotatable bonds is 1. The predicted molar refractivity (Wildman–Crippen MR) is 38.1 cm³/mol. The first-order valence-electron chi connectivity index (χ1n) is 3.86. The van der Waals surface area contributed by atoms with Crippen LogP contribution in [-0.2, 0) is 4.74 Å². The number of nitrogens with one attached hydrogen (secondary N) is 1. The third kappa shape index (κ3) is 2.05. The Morgan fingerprint density at radius 2 is 2.00 bits per heavy atom. The highest BCUT2D eigenvalue weighted by atomic mass is 19.4. The van der Waals surface area contributed by atoms with Crippen LogP contribution in [0.2, 0.25) is 0 Å². The number of carbonyl (C=O) groups is 1. The molecule has 0 aromatic rings. The first-order valence-corrected chi connectivity index (χ1v) is 3.86. The van der Waals surface area contributed by atoms with E-state index >= 15 is 0 Å². The van der Waals surface area contributed by atoms with Crippen LogP contribution < -0.4 is 5.32 Å². The molecule has 1 saturated heterocycles. The molecule has 6 heteroatoms. The predicted octanol–water partition coefficient (Wildman–Crippen LogP) is 1.68. The largest absolute Gasteiger partial charge is 0.434 e. The monoisotopic (exact) mass is 197 g/mol. The third-order valence-corrected chi connectivity index (χ3v) is 1.89. The molecule has 0 aromatic carbocycles. The smallest absolute Gasteiger partial charge is 0.427 e. The Kier molecular flexibility index (Phi) is 2.40. The molecule has 13 heavy (non-hydrogen) atoms. The van der Waals surface area contributed by atoms with Crippen LogP contribution in [0.5, 0.6) is 0 Å². The summed E-state index contributed by atoms with van der Waals surface area (Å²) in [5, 5.41) is 2.13. The molecule has 1 heterocycles. The van der Waals surface area contributed by atoms with Gasteiger partial charge >= 0.3 is 12.3 Å². The van der Waals surface area contributed by atoms with Crippen molar-refractivity contribution in [2.45, 2.75) is 32.2 Å². The Hall–Kier alpha value is -0.940. The highest BCUT2D eigenvalue weighted by Gasteiger charge is 2.53. The molecule has 0 spiro atoms. The van der Waals surface area contributed by atoms with E-state index < -0.39 is 24.4 Å². The van der Waals surface area contributed by atoms with E-state index in [4.69, 9.17) is 0 Å². The van der Waals surface area contributed by atoms with E-state index in [1.807, 2.05) is 0 Å². The Bertz CT molecular complexity index is 214. The lowest BCUT2D eigenvalue weighted by Crippen LogP contribution is -2.44. The molecule has 1 rings (SSSR count). The average molecular weight is 197 g/mol. The second kappa shape index (κ2) is 3.08. The summed E-state index contributed by atoms with van der Waals surface area (Å²) in [7, 11) is 0. The molecule has 0 saturated carbocycles. The van der Waals surface area contributed by atoms with E-state index in [9.17, 15) is 18.0 Å². The number of ether oxygens (including phenoxy) is 1. The number of cyclic esters (lactones) is 1. The van der Waals surface area contributed by atoms with Crippen LogP contribution in [0.3, 0.4) is 0 Å². The second-order valence-electron chi connectivity index (χ2n) is 3.28. The lowest BCUT2D eigenvalue weighted by atomic mass is 9.99. The molecule has 1 fully saturated rings. The van der Waals surface area contributed by atoms with Crippen molar-refractivity contribution in [1.82, 2.24) is 5.32 Å². The zero-order valence-corrected chi connectivity index (χ0v) is 7.18. The highest BCUT2D eigenvalue weighted by molar-refractivity contribution is 5.70. The van der Waals surface area contributed by atoms with Crippen molar-refractivity contribution in [2.75, 3.05) is 0 Å². The molecule has 0 aromatic heterocycles. The lowest BCUT2D eigenvalue weighted by Gasteiger charge is -2.21. The SMILES string of the molecule is CC(C)[C@@H]1NC(=O)O[C@@H]1C(F)(F)F. The third-order valence-electron chi connectivity index (χ3n) is 1.89. The number of hydrogen-bond acceptors (Lipinski definition) is 2. The molecule has 0 bridgehead atoms. The van der Waals surface area contributed by atoms with Gasteiger partial charge in [0.05, 0.1) is 6.04 Å². The van der Waals surface area contributed by atoms with Gasteiger partial charge in [0, 0.05) is 0 Å². The molecule has 1 aliphatic heterocycles. The van der Waals surface area contributed by atoms with Crippen molar-refractivity contribution in [1.29, 1.82) is 0 Å². The van der Waals surface area contributed by atoms with E-state index in [-0.39, 0.29) is 5.92 Å². The van der Waals surface area contributed by atoms with Crippen LogP contribution in [0, 0.1) is 5.92 Å². The van der Waals surface area contributed by atoms with Gasteiger partial charge in [0.1, 0.15) is 0 Å². The van der Waals surface area contributed by atoms with Gasteiger partial charge in [-0.15, -0.1) is 0 Å². The van der Waals surface area contributed by atoms with Crippen molar-refractivity contribution >= 4 is 6.09 Å². The van der Waals surface area contributed by atoms with Gasteiger partial charge in [-0.25, -0.2) is 4.79 Å². The summed E-state index contributed by atoms with van der Waals surface area (Å²) in [6.07, 6.45) is -7.50. The zero-order chi connectivity index (χ0) is 10.2. The number of halogens is 3. The van der Waals surface area contributed by atoms with Gasteiger partial charge in [-0.05, 0) is 5.92 Å². The van der Waals surface area contributed by atoms with Crippen molar-refractivity contribution in [3.8, 4) is 0 Å². The molecule has 3 nitrogen and oxygen atoms in total. The molecule has 76 valence electrons. The van der Waals surface area contributed by atoms with Gasteiger partial charge in [-0.2, -0.15) is 13.2 Å². The maximum atomic E-state index is 12.2. The van der Waals surface area contributed by atoms with Crippen LogP contribution in [0.4, 0.5) is 18.0 Å². The van der Waals surface area contributed by atoms with Crippen LogP contribution in [-0.4, -0.2) is 24.4 Å². The quantitative estimate of drug-likeness (QED) is 0.694. The number of amides is 1. The van der Waals surface area contributed by atoms with E-state index in [2.05, 4.69) is 10.1 Å². The van der Waals surface area contributed by atoms with E-state index in [1.165, 1.54) is 0 Å². The van der Waals surface area contributed by atoms with Gasteiger partial charge in [0.2, 0.25) is 6.10 Å². The van der Waals surface area contributed by atoms with Gasteiger partial charge in [0.25, 0.3) is 0 Å². The number of alkyl carbamates (subject to hydrolysis) is 1. The van der Waals surface area contributed by atoms with Crippen LogP contribution in [0.15, 0.2) is 0 Å². The second-order valence-corrected chi connectivity index (χ2v) is 3.28. The summed E-state index contributed by atoms with van der Waals surface area (Å²) >= 11 is 0. The van der Waals surface area contributed by atoms with Crippen molar-refractivity contribution in [2.24, 2.45) is 5.92 Å². The molecule has 2 atom stereocenters. The molecular formula is C7H10F3NO2. The summed E-state index contributed by atoms with van der Waals surface area (Å²) in [6.45, 7) is 3.19. The summed E-state index contributed by atoms with van der Waals surface area (Å²) in [5.41, 5.74) is 0. The summed E-state index contributed by atoms with van der Waals surface area (Å²) in [6, 6.07) is -0.979. The lowest BCUT2D eigenvalue weighted by molar-refractivity contribution is -0.201.